The zero-order chi connectivity index (χ0) is 19.7. The molecule has 0 unspecified atom stereocenters. The highest BCUT2D eigenvalue weighted by molar-refractivity contribution is 5.69. The summed E-state index contributed by atoms with van der Waals surface area (Å²) in [4.78, 5) is 12.0. The monoisotopic (exact) mass is 362 g/mol. The van der Waals surface area contributed by atoms with Gasteiger partial charge in [0.1, 0.15) is 5.75 Å². The minimum Gasteiger partial charge on any atom is -0.507 e. The summed E-state index contributed by atoms with van der Waals surface area (Å²) in [5.41, 5.74) is 2.75. The van der Waals surface area contributed by atoms with Crippen LogP contribution in [0.15, 0.2) is 12.1 Å². The van der Waals surface area contributed by atoms with Gasteiger partial charge in [-0.05, 0) is 47.8 Å². The van der Waals surface area contributed by atoms with E-state index in [0.717, 1.165) is 35.4 Å². The predicted molar refractivity (Wildman–Crippen MR) is 109 cm³/mol. The lowest BCUT2D eigenvalue weighted by Gasteiger charge is -2.22. The van der Waals surface area contributed by atoms with Gasteiger partial charge in [-0.25, -0.2) is 0 Å². The first-order valence-electron chi connectivity index (χ1n) is 10.1. The molecular formula is C23H38O3. The van der Waals surface area contributed by atoms with Crippen molar-refractivity contribution in [1.82, 2.24) is 0 Å². The van der Waals surface area contributed by atoms with Crippen LogP contribution in [0, 0.1) is 12.8 Å². The molecule has 0 amide bonds. The first-order chi connectivity index (χ1) is 12.1. The minimum atomic E-state index is -0.129. The van der Waals surface area contributed by atoms with Crippen molar-refractivity contribution in [3.63, 3.8) is 0 Å². The second-order valence-electron chi connectivity index (χ2n) is 8.88. The first kappa shape index (κ1) is 22.5. The number of phenols is 1. The van der Waals surface area contributed by atoms with E-state index in [9.17, 15) is 9.90 Å². The zero-order valence-corrected chi connectivity index (χ0v) is 17.7. The summed E-state index contributed by atoms with van der Waals surface area (Å²) in [6, 6.07) is 3.98. The van der Waals surface area contributed by atoms with Crippen molar-refractivity contribution in [3.05, 3.63) is 28.8 Å². The highest BCUT2D eigenvalue weighted by atomic mass is 16.5. The van der Waals surface area contributed by atoms with Gasteiger partial charge in [0.15, 0.2) is 0 Å². The fourth-order valence-electron chi connectivity index (χ4n) is 3.08. The lowest BCUT2D eigenvalue weighted by molar-refractivity contribution is -0.143. The van der Waals surface area contributed by atoms with E-state index in [0.29, 0.717) is 25.2 Å². The van der Waals surface area contributed by atoms with Crippen LogP contribution in [0.25, 0.3) is 0 Å². The number of phenolic OH excluding ortho intramolecular Hbond substituents is 1. The third-order valence-corrected chi connectivity index (χ3v) is 4.72. The van der Waals surface area contributed by atoms with Gasteiger partial charge in [-0.15, -0.1) is 0 Å². The molecule has 0 saturated carbocycles. The van der Waals surface area contributed by atoms with Crippen LogP contribution in [0.1, 0.15) is 89.8 Å². The van der Waals surface area contributed by atoms with Crippen LogP contribution in [0.2, 0.25) is 0 Å². The Bertz CT molecular complexity index is 568. The average Bonchev–Trinajstić information content (AvgIpc) is 2.53. The van der Waals surface area contributed by atoms with E-state index in [2.05, 4.69) is 34.6 Å². The Morgan fingerprint density at radius 1 is 1.12 bits per heavy atom. The predicted octanol–water partition coefficient (Wildman–Crippen LogP) is 6.08. The Morgan fingerprint density at radius 2 is 1.77 bits per heavy atom. The fourth-order valence-corrected chi connectivity index (χ4v) is 3.08. The number of esters is 1. The Kier molecular flexibility index (Phi) is 9.18. The smallest absolute Gasteiger partial charge is 0.306 e. The Labute approximate surface area is 160 Å². The van der Waals surface area contributed by atoms with Crippen molar-refractivity contribution < 1.29 is 14.6 Å². The maximum Gasteiger partial charge on any atom is 0.306 e. The fraction of sp³-hybridized carbons (Fsp3) is 0.696. The summed E-state index contributed by atoms with van der Waals surface area (Å²) in [6.07, 6.45) is 6.89. The van der Waals surface area contributed by atoms with Gasteiger partial charge < -0.3 is 9.84 Å². The van der Waals surface area contributed by atoms with Gasteiger partial charge in [-0.2, -0.15) is 0 Å². The SMILES string of the molecule is Cc1cc(CCC(=O)OCCCCCCC(C)C)cc(C(C)(C)C)c1O. The van der Waals surface area contributed by atoms with Gasteiger partial charge >= 0.3 is 5.97 Å². The molecule has 0 aliphatic heterocycles. The van der Waals surface area contributed by atoms with Crippen LogP contribution in [0.5, 0.6) is 5.75 Å². The summed E-state index contributed by atoms with van der Waals surface area (Å²) in [7, 11) is 0. The van der Waals surface area contributed by atoms with Gasteiger partial charge in [-0.3, -0.25) is 4.79 Å². The van der Waals surface area contributed by atoms with Crippen molar-refractivity contribution in [2.45, 2.75) is 91.9 Å². The molecule has 0 radical (unpaired) electrons. The van der Waals surface area contributed by atoms with Gasteiger partial charge in [0.05, 0.1) is 6.61 Å². The molecule has 0 atom stereocenters. The molecule has 0 aliphatic carbocycles. The van der Waals surface area contributed by atoms with Crippen molar-refractivity contribution in [2.24, 2.45) is 5.92 Å². The second kappa shape index (κ2) is 10.6. The molecule has 1 N–H and O–H groups in total. The molecule has 0 saturated heterocycles. The number of carbonyl (C=O) groups excluding carboxylic acids is 1. The lowest BCUT2D eigenvalue weighted by atomic mass is 9.83. The Balaban J connectivity index is 2.36. The number of benzene rings is 1. The van der Waals surface area contributed by atoms with Crippen LogP contribution in [-0.2, 0) is 21.4 Å². The maximum atomic E-state index is 12.0. The number of aromatic hydroxyl groups is 1. The van der Waals surface area contributed by atoms with E-state index in [-0.39, 0.29) is 11.4 Å². The zero-order valence-electron chi connectivity index (χ0n) is 17.7. The number of carbonyl (C=O) groups is 1. The van der Waals surface area contributed by atoms with Crippen molar-refractivity contribution in [2.75, 3.05) is 6.61 Å². The molecule has 0 heterocycles. The van der Waals surface area contributed by atoms with E-state index in [4.69, 9.17) is 4.74 Å². The normalized spacial score (nSPS) is 11.8. The van der Waals surface area contributed by atoms with Gasteiger partial charge in [-0.1, -0.05) is 72.4 Å². The van der Waals surface area contributed by atoms with E-state index in [1.54, 1.807) is 0 Å². The third-order valence-electron chi connectivity index (χ3n) is 4.72. The molecule has 0 aromatic heterocycles. The summed E-state index contributed by atoms with van der Waals surface area (Å²) < 4.78 is 5.35. The van der Waals surface area contributed by atoms with E-state index >= 15 is 0 Å². The van der Waals surface area contributed by atoms with Crippen LogP contribution >= 0.6 is 0 Å². The molecule has 0 fully saturated rings. The van der Waals surface area contributed by atoms with Crippen LogP contribution < -0.4 is 0 Å². The van der Waals surface area contributed by atoms with Crippen molar-refractivity contribution in [1.29, 1.82) is 0 Å². The summed E-state index contributed by atoms with van der Waals surface area (Å²) in [5, 5.41) is 10.3. The summed E-state index contributed by atoms with van der Waals surface area (Å²) >= 11 is 0. The Morgan fingerprint density at radius 3 is 2.38 bits per heavy atom. The number of hydrogen-bond donors (Lipinski definition) is 1. The molecule has 0 bridgehead atoms. The molecule has 1 rings (SSSR count). The van der Waals surface area contributed by atoms with E-state index < -0.39 is 0 Å². The number of ether oxygens (including phenoxy) is 1. The molecular weight excluding hydrogens is 324 g/mol. The number of aryl methyl sites for hydroxylation is 2. The molecule has 0 aliphatic rings. The summed E-state index contributed by atoms with van der Waals surface area (Å²) in [6.45, 7) is 13.2. The number of rotatable bonds is 10. The van der Waals surface area contributed by atoms with Crippen molar-refractivity contribution in [3.8, 4) is 5.75 Å². The van der Waals surface area contributed by atoms with Crippen LogP contribution in [0.4, 0.5) is 0 Å². The van der Waals surface area contributed by atoms with Crippen LogP contribution in [0.3, 0.4) is 0 Å². The first-order valence-corrected chi connectivity index (χ1v) is 10.1. The second-order valence-corrected chi connectivity index (χ2v) is 8.88. The van der Waals surface area contributed by atoms with Gasteiger partial charge in [0.2, 0.25) is 0 Å². The minimum absolute atomic E-state index is 0.124. The molecule has 148 valence electrons. The maximum absolute atomic E-state index is 12.0. The topological polar surface area (TPSA) is 46.5 Å². The molecule has 3 nitrogen and oxygen atoms in total. The highest BCUT2D eigenvalue weighted by Crippen LogP contribution is 2.34. The standard InChI is InChI=1S/C23H38O3/c1-17(2)11-9-7-8-10-14-26-21(24)13-12-19-15-18(3)22(25)20(16-19)23(4,5)6/h15-17,25H,7-14H2,1-6H3. The summed E-state index contributed by atoms with van der Waals surface area (Å²) in [5.74, 6) is 1.01. The molecule has 3 heteroatoms. The van der Waals surface area contributed by atoms with E-state index in [1.807, 2.05) is 19.1 Å². The quantitative estimate of drug-likeness (QED) is 0.405. The largest absolute Gasteiger partial charge is 0.507 e. The van der Waals surface area contributed by atoms with E-state index in [1.165, 1.54) is 19.3 Å². The van der Waals surface area contributed by atoms with Crippen molar-refractivity contribution >= 4 is 5.97 Å². The third kappa shape index (κ3) is 8.25. The molecule has 26 heavy (non-hydrogen) atoms. The Hall–Kier alpha value is -1.51. The van der Waals surface area contributed by atoms with Gasteiger partial charge in [0, 0.05) is 6.42 Å². The number of unbranched alkanes of at least 4 members (excludes halogenated alkanes) is 3. The molecule has 1 aromatic rings. The highest BCUT2D eigenvalue weighted by Gasteiger charge is 2.20. The average molecular weight is 363 g/mol. The number of hydrogen-bond acceptors (Lipinski definition) is 3. The van der Waals surface area contributed by atoms with Gasteiger partial charge in [0.25, 0.3) is 0 Å². The molecule has 0 spiro atoms. The molecule has 1 aromatic carbocycles. The van der Waals surface area contributed by atoms with Crippen LogP contribution in [-0.4, -0.2) is 17.7 Å². The lowest BCUT2D eigenvalue weighted by Crippen LogP contribution is -2.13.